The molecule has 0 fully saturated rings. The maximum Gasteiger partial charge on any atom is 0.223 e. The number of hydrogen-bond acceptors (Lipinski definition) is 4. The fraction of sp³-hybridized carbons (Fsp3) is 0.500. The predicted octanol–water partition coefficient (Wildman–Crippen LogP) is 1.64. The summed E-state index contributed by atoms with van der Waals surface area (Å²) in [6.45, 7) is 4.09. The van der Waals surface area contributed by atoms with Gasteiger partial charge >= 0.3 is 0 Å². The van der Waals surface area contributed by atoms with Gasteiger partial charge in [0.2, 0.25) is 5.91 Å². The van der Waals surface area contributed by atoms with Crippen LogP contribution in [0.5, 0.6) is 5.75 Å². The van der Waals surface area contributed by atoms with Crippen LogP contribution in [-0.2, 0) is 4.79 Å². The Balaban J connectivity index is 2.24. The third-order valence-corrected chi connectivity index (χ3v) is 3.20. The number of carbonyl (C=O) groups is 1. The molecule has 5 heteroatoms. The number of nitrogens with zero attached hydrogens (tertiary/aromatic N) is 2. The highest BCUT2D eigenvalue weighted by Gasteiger charge is 2.13. The van der Waals surface area contributed by atoms with Crippen LogP contribution in [0.1, 0.15) is 18.9 Å². The lowest BCUT2D eigenvalue weighted by atomic mass is 10.1. The largest absolute Gasteiger partial charge is 0.494 e. The van der Waals surface area contributed by atoms with E-state index in [1.807, 2.05) is 26.1 Å². The SMILES string of the molecule is CNC(=O)C(C)CN(C)CCCOc1cccc(C#N)c1. The van der Waals surface area contributed by atoms with E-state index in [9.17, 15) is 4.79 Å². The Hall–Kier alpha value is -2.06. The van der Waals surface area contributed by atoms with Gasteiger partial charge in [-0.25, -0.2) is 0 Å². The second-order valence-corrected chi connectivity index (χ2v) is 5.12. The fourth-order valence-electron chi connectivity index (χ4n) is 2.07. The van der Waals surface area contributed by atoms with Crippen LogP contribution < -0.4 is 10.1 Å². The molecule has 0 aliphatic carbocycles. The Morgan fingerprint density at radius 1 is 1.52 bits per heavy atom. The maximum atomic E-state index is 11.4. The van der Waals surface area contributed by atoms with Crippen molar-refractivity contribution in [1.82, 2.24) is 10.2 Å². The first-order valence-electron chi connectivity index (χ1n) is 7.10. The van der Waals surface area contributed by atoms with Crippen LogP contribution in [0, 0.1) is 17.2 Å². The lowest BCUT2D eigenvalue weighted by molar-refractivity contribution is -0.124. The third kappa shape index (κ3) is 6.28. The number of rotatable bonds is 8. The summed E-state index contributed by atoms with van der Waals surface area (Å²) in [7, 11) is 3.65. The van der Waals surface area contributed by atoms with Crippen molar-refractivity contribution < 1.29 is 9.53 Å². The van der Waals surface area contributed by atoms with E-state index in [0.717, 1.165) is 25.3 Å². The van der Waals surface area contributed by atoms with E-state index in [1.165, 1.54) is 0 Å². The molecule has 0 aliphatic heterocycles. The molecule has 0 spiro atoms. The minimum Gasteiger partial charge on any atom is -0.494 e. The van der Waals surface area contributed by atoms with Crippen molar-refractivity contribution in [1.29, 1.82) is 5.26 Å². The van der Waals surface area contributed by atoms with Crippen LogP contribution >= 0.6 is 0 Å². The van der Waals surface area contributed by atoms with Crippen LogP contribution in [0.15, 0.2) is 24.3 Å². The van der Waals surface area contributed by atoms with E-state index in [-0.39, 0.29) is 11.8 Å². The molecule has 1 rings (SSSR count). The Bertz CT molecular complexity index is 497. The normalized spacial score (nSPS) is 11.8. The number of carbonyl (C=O) groups excluding carboxylic acids is 1. The second-order valence-electron chi connectivity index (χ2n) is 5.12. The molecule has 1 aromatic carbocycles. The topological polar surface area (TPSA) is 65.4 Å². The van der Waals surface area contributed by atoms with Gasteiger partial charge in [0.25, 0.3) is 0 Å². The summed E-state index contributed by atoms with van der Waals surface area (Å²) in [5.41, 5.74) is 0.601. The van der Waals surface area contributed by atoms with E-state index in [2.05, 4.69) is 16.3 Å². The van der Waals surface area contributed by atoms with Crippen LogP contribution in [0.4, 0.5) is 0 Å². The lowest BCUT2D eigenvalue weighted by Gasteiger charge is -2.20. The van der Waals surface area contributed by atoms with E-state index in [0.29, 0.717) is 12.2 Å². The quantitative estimate of drug-likeness (QED) is 0.739. The zero-order valence-electron chi connectivity index (χ0n) is 12.9. The minimum atomic E-state index is -0.0202. The van der Waals surface area contributed by atoms with Gasteiger partial charge in [-0.3, -0.25) is 4.79 Å². The zero-order valence-corrected chi connectivity index (χ0v) is 12.9. The number of ether oxygens (including phenoxy) is 1. The van der Waals surface area contributed by atoms with Gasteiger partial charge in [0, 0.05) is 26.1 Å². The van der Waals surface area contributed by atoms with E-state index < -0.39 is 0 Å². The van der Waals surface area contributed by atoms with Crippen LogP contribution in [0.2, 0.25) is 0 Å². The van der Waals surface area contributed by atoms with Gasteiger partial charge in [0.15, 0.2) is 0 Å². The first-order valence-corrected chi connectivity index (χ1v) is 7.10. The van der Waals surface area contributed by atoms with Crippen LogP contribution in [0.25, 0.3) is 0 Å². The fourth-order valence-corrected chi connectivity index (χ4v) is 2.07. The standard InChI is InChI=1S/C16H23N3O2/c1-13(16(20)18-2)12-19(3)8-5-9-21-15-7-4-6-14(10-15)11-17/h4,6-7,10,13H,5,8-9,12H2,1-3H3,(H,18,20). The highest BCUT2D eigenvalue weighted by atomic mass is 16.5. The van der Waals surface area contributed by atoms with Crippen molar-refractivity contribution in [2.24, 2.45) is 5.92 Å². The van der Waals surface area contributed by atoms with Gasteiger partial charge in [0.05, 0.1) is 18.2 Å². The molecule has 0 saturated heterocycles. The summed E-state index contributed by atoms with van der Waals surface area (Å²) in [4.78, 5) is 13.6. The Morgan fingerprint density at radius 3 is 2.95 bits per heavy atom. The van der Waals surface area contributed by atoms with E-state index in [1.54, 1.807) is 19.2 Å². The number of nitrogens with one attached hydrogen (secondary N) is 1. The summed E-state index contributed by atoms with van der Waals surface area (Å²) in [5, 5.41) is 11.5. The number of hydrogen-bond donors (Lipinski definition) is 1. The maximum absolute atomic E-state index is 11.4. The smallest absolute Gasteiger partial charge is 0.223 e. The highest BCUT2D eigenvalue weighted by Crippen LogP contribution is 2.12. The molecule has 21 heavy (non-hydrogen) atoms. The average molecular weight is 289 g/mol. The summed E-state index contributed by atoms with van der Waals surface area (Å²) in [6, 6.07) is 9.23. The molecule has 0 aromatic heterocycles. The first-order chi connectivity index (χ1) is 10.1. The molecule has 0 aliphatic rings. The summed E-state index contributed by atoms with van der Waals surface area (Å²) >= 11 is 0. The van der Waals surface area contributed by atoms with Gasteiger partial charge in [-0.05, 0) is 31.7 Å². The Kier molecular flexibility index (Phi) is 7.27. The van der Waals surface area contributed by atoms with Gasteiger partial charge in [-0.2, -0.15) is 5.26 Å². The molecular formula is C16H23N3O2. The van der Waals surface area contributed by atoms with Crippen molar-refractivity contribution in [3.63, 3.8) is 0 Å². The molecule has 114 valence electrons. The molecule has 1 N–H and O–H groups in total. The zero-order chi connectivity index (χ0) is 15.7. The van der Waals surface area contributed by atoms with Gasteiger partial charge in [-0.15, -0.1) is 0 Å². The highest BCUT2D eigenvalue weighted by molar-refractivity contribution is 5.78. The van der Waals surface area contributed by atoms with E-state index in [4.69, 9.17) is 10.00 Å². The van der Waals surface area contributed by atoms with Crippen LogP contribution in [-0.4, -0.2) is 44.6 Å². The molecule has 1 unspecified atom stereocenters. The Morgan fingerprint density at radius 2 is 2.29 bits per heavy atom. The number of benzene rings is 1. The van der Waals surface area contributed by atoms with Gasteiger partial charge in [-0.1, -0.05) is 13.0 Å². The van der Waals surface area contributed by atoms with Gasteiger partial charge < -0.3 is 15.0 Å². The summed E-state index contributed by atoms with van der Waals surface area (Å²) < 4.78 is 5.62. The van der Waals surface area contributed by atoms with E-state index >= 15 is 0 Å². The number of nitriles is 1. The number of amides is 1. The minimum absolute atomic E-state index is 0.0202. The molecular weight excluding hydrogens is 266 g/mol. The molecule has 0 bridgehead atoms. The molecule has 0 radical (unpaired) electrons. The predicted molar refractivity (Wildman–Crippen MR) is 82.0 cm³/mol. The molecule has 1 aromatic rings. The molecule has 1 amide bonds. The second kappa shape index (κ2) is 8.98. The molecule has 0 heterocycles. The first kappa shape index (κ1) is 17.0. The monoisotopic (exact) mass is 289 g/mol. The van der Waals surface area contributed by atoms with Crippen molar-refractivity contribution in [3.8, 4) is 11.8 Å². The van der Waals surface area contributed by atoms with Crippen LogP contribution in [0.3, 0.4) is 0 Å². The molecule has 5 nitrogen and oxygen atoms in total. The molecule has 1 atom stereocenters. The van der Waals surface area contributed by atoms with Gasteiger partial charge in [0.1, 0.15) is 5.75 Å². The van der Waals surface area contributed by atoms with Crippen molar-refractivity contribution in [2.45, 2.75) is 13.3 Å². The van der Waals surface area contributed by atoms with Crippen molar-refractivity contribution >= 4 is 5.91 Å². The summed E-state index contributed by atoms with van der Waals surface area (Å²) in [5.74, 6) is 0.759. The van der Waals surface area contributed by atoms with Crippen molar-refractivity contribution in [3.05, 3.63) is 29.8 Å². The van der Waals surface area contributed by atoms with Crippen molar-refractivity contribution in [2.75, 3.05) is 33.8 Å². The summed E-state index contributed by atoms with van der Waals surface area (Å²) in [6.07, 6.45) is 0.869. The average Bonchev–Trinajstić information content (AvgIpc) is 2.50. The Labute approximate surface area is 126 Å². The third-order valence-electron chi connectivity index (χ3n) is 3.20. The molecule has 0 saturated carbocycles. The lowest BCUT2D eigenvalue weighted by Crippen LogP contribution is -2.35.